The molecule has 0 spiro atoms. The smallest absolute Gasteiger partial charge is 0.0957 e. The highest BCUT2D eigenvalue weighted by molar-refractivity contribution is 5.32. The Hall–Kier alpha value is -0.720. The van der Waals surface area contributed by atoms with Crippen molar-refractivity contribution >= 4 is 0 Å². The zero-order valence-electron chi connectivity index (χ0n) is 7.94. The second-order valence-corrected chi connectivity index (χ2v) is 2.50. The minimum absolute atomic E-state index is 0.565. The summed E-state index contributed by atoms with van der Waals surface area (Å²) < 4.78 is 0. The summed E-state index contributed by atoms with van der Waals surface area (Å²) in [5.41, 5.74) is 2.28. The van der Waals surface area contributed by atoms with Crippen molar-refractivity contribution in [3.05, 3.63) is 23.0 Å². The minimum Gasteiger partial charge on any atom is -0.512 e. The van der Waals surface area contributed by atoms with Crippen LogP contribution in [0.2, 0.25) is 0 Å². The van der Waals surface area contributed by atoms with Gasteiger partial charge < -0.3 is 5.11 Å². The molecule has 64 valence electrons. The van der Waals surface area contributed by atoms with Gasteiger partial charge in [-0.1, -0.05) is 19.9 Å². The van der Waals surface area contributed by atoms with E-state index in [2.05, 4.69) is 6.08 Å². The summed E-state index contributed by atoms with van der Waals surface area (Å²) in [4.78, 5) is 0. The Morgan fingerprint density at radius 1 is 1.27 bits per heavy atom. The van der Waals surface area contributed by atoms with Crippen LogP contribution >= 0.6 is 0 Å². The van der Waals surface area contributed by atoms with Crippen LogP contribution in [0.1, 0.15) is 40.5 Å². The molecule has 11 heavy (non-hydrogen) atoms. The molecule has 0 aromatic carbocycles. The summed E-state index contributed by atoms with van der Waals surface area (Å²) in [6, 6.07) is 0. The first-order chi connectivity index (χ1) is 5.22. The maximum atomic E-state index is 9.19. The Balaban J connectivity index is 0.000000461. The third kappa shape index (κ3) is 2.79. The van der Waals surface area contributed by atoms with Crippen LogP contribution in [0, 0.1) is 0 Å². The highest BCUT2D eigenvalue weighted by Crippen LogP contribution is 2.21. The predicted octanol–water partition coefficient (Wildman–Crippen LogP) is 3.58. The molecule has 0 saturated heterocycles. The monoisotopic (exact) mass is 154 g/mol. The van der Waals surface area contributed by atoms with Crippen LogP contribution < -0.4 is 0 Å². The van der Waals surface area contributed by atoms with E-state index < -0.39 is 0 Å². The summed E-state index contributed by atoms with van der Waals surface area (Å²) in [5.74, 6) is 0.565. The van der Waals surface area contributed by atoms with E-state index in [4.69, 9.17) is 0 Å². The van der Waals surface area contributed by atoms with E-state index in [0.29, 0.717) is 5.76 Å². The Bertz CT molecular complexity index is 175. The Morgan fingerprint density at radius 3 is 2.18 bits per heavy atom. The zero-order valence-corrected chi connectivity index (χ0v) is 7.94. The van der Waals surface area contributed by atoms with Crippen LogP contribution in [0.4, 0.5) is 0 Å². The lowest BCUT2D eigenvalue weighted by atomic mass is 9.99. The molecular formula is C10H18O. The van der Waals surface area contributed by atoms with Gasteiger partial charge in [0.15, 0.2) is 0 Å². The SMILES string of the molecule is CC.CC1=CCCC(O)=C1C. The number of hydrogen-bond acceptors (Lipinski definition) is 1. The van der Waals surface area contributed by atoms with Gasteiger partial charge in [0.1, 0.15) is 0 Å². The Morgan fingerprint density at radius 2 is 1.82 bits per heavy atom. The Labute approximate surface area is 69.4 Å². The molecule has 1 heteroatoms. The molecule has 1 nitrogen and oxygen atoms in total. The third-order valence-electron chi connectivity index (χ3n) is 1.86. The molecule has 0 aromatic heterocycles. The number of allylic oxidation sites excluding steroid dienone is 4. The van der Waals surface area contributed by atoms with E-state index in [1.807, 2.05) is 27.7 Å². The maximum absolute atomic E-state index is 9.19. The van der Waals surface area contributed by atoms with Crippen molar-refractivity contribution in [2.75, 3.05) is 0 Å². The fourth-order valence-electron chi connectivity index (χ4n) is 0.994. The third-order valence-corrected chi connectivity index (χ3v) is 1.86. The molecular weight excluding hydrogens is 136 g/mol. The van der Waals surface area contributed by atoms with Gasteiger partial charge in [-0.15, -0.1) is 0 Å². The fraction of sp³-hybridized carbons (Fsp3) is 0.600. The first kappa shape index (κ1) is 10.3. The lowest BCUT2D eigenvalue weighted by Crippen LogP contribution is -1.94. The summed E-state index contributed by atoms with van der Waals surface area (Å²) in [7, 11) is 0. The minimum atomic E-state index is 0.565. The molecule has 0 radical (unpaired) electrons. The van der Waals surface area contributed by atoms with E-state index in [9.17, 15) is 5.11 Å². The van der Waals surface area contributed by atoms with Crippen molar-refractivity contribution in [2.24, 2.45) is 0 Å². The van der Waals surface area contributed by atoms with Crippen molar-refractivity contribution in [1.82, 2.24) is 0 Å². The quantitative estimate of drug-likeness (QED) is 0.565. The number of aliphatic hydroxyl groups is 1. The van der Waals surface area contributed by atoms with E-state index in [1.165, 1.54) is 5.57 Å². The molecule has 0 fully saturated rings. The summed E-state index contributed by atoms with van der Waals surface area (Å²) in [5, 5.41) is 9.19. The van der Waals surface area contributed by atoms with Crippen molar-refractivity contribution < 1.29 is 5.11 Å². The van der Waals surface area contributed by atoms with Crippen molar-refractivity contribution in [3.8, 4) is 0 Å². The molecule has 0 atom stereocenters. The first-order valence-electron chi connectivity index (χ1n) is 4.27. The van der Waals surface area contributed by atoms with Crippen molar-refractivity contribution in [2.45, 2.75) is 40.5 Å². The molecule has 0 saturated carbocycles. The number of hydrogen-bond donors (Lipinski definition) is 1. The van der Waals surface area contributed by atoms with Crippen molar-refractivity contribution in [1.29, 1.82) is 0 Å². The normalized spacial score (nSPS) is 16.9. The van der Waals surface area contributed by atoms with E-state index in [1.54, 1.807) is 0 Å². The van der Waals surface area contributed by atoms with Gasteiger partial charge in [0.2, 0.25) is 0 Å². The topological polar surface area (TPSA) is 20.2 Å². The number of aliphatic hydroxyl groups excluding tert-OH is 1. The van der Waals surface area contributed by atoms with E-state index >= 15 is 0 Å². The standard InChI is InChI=1S/C8H12O.C2H6/c1-6-4-3-5-8(9)7(6)2;1-2/h4,9H,3,5H2,1-2H3;1-2H3. The summed E-state index contributed by atoms with van der Waals surface area (Å²) >= 11 is 0. The van der Waals surface area contributed by atoms with Crippen LogP contribution in [-0.2, 0) is 0 Å². The zero-order chi connectivity index (χ0) is 8.85. The molecule has 1 aliphatic carbocycles. The molecule has 0 aromatic rings. The van der Waals surface area contributed by atoms with Gasteiger partial charge in [0, 0.05) is 6.42 Å². The molecule has 0 aliphatic heterocycles. The summed E-state index contributed by atoms with van der Waals surface area (Å²) in [6.45, 7) is 7.99. The molecule has 0 heterocycles. The van der Waals surface area contributed by atoms with Gasteiger partial charge >= 0.3 is 0 Å². The van der Waals surface area contributed by atoms with Gasteiger partial charge in [0.25, 0.3) is 0 Å². The van der Waals surface area contributed by atoms with Gasteiger partial charge in [-0.2, -0.15) is 0 Å². The van der Waals surface area contributed by atoms with Crippen molar-refractivity contribution in [3.63, 3.8) is 0 Å². The first-order valence-corrected chi connectivity index (χ1v) is 4.27. The molecule has 1 aliphatic rings. The van der Waals surface area contributed by atoms with Crippen LogP contribution in [0.15, 0.2) is 23.0 Å². The fourth-order valence-corrected chi connectivity index (χ4v) is 0.994. The highest BCUT2D eigenvalue weighted by Gasteiger charge is 2.05. The lowest BCUT2D eigenvalue weighted by Gasteiger charge is -2.10. The largest absolute Gasteiger partial charge is 0.512 e. The van der Waals surface area contributed by atoms with Gasteiger partial charge in [-0.05, 0) is 31.4 Å². The van der Waals surface area contributed by atoms with Crippen LogP contribution in [0.25, 0.3) is 0 Å². The number of rotatable bonds is 0. The lowest BCUT2D eigenvalue weighted by molar-refractivity contribution is 0.380. The molecule has 0 unspecified atom stereocenters. The molecule has 1 N–H and O–H groups in total. The highest BCUT2D eigenvalue weighted by atomic mass is 16.3. The second-order valence-electron chi connectivity index (χ2n) is 2.50. The average molecular weight is 154 g/mol. The summed E-state index contributed by atoms with van der Waals surface area (Å²) in [6.07, 6.45) is 3.98. The predicted molar refractivity (Wildman–Crippen MR) is 49.7 cm³/mol. The maximum Gasteiger partial charge on any atom is 0.0957 e. The van der Waals surface area contributed by atoms with E-state index in [0.717, 1.165) is 18.4 Å². The van der Waals surface area contributed by atoms with Gasteiger partial charge in [-0.25, -0.2) is 0 Å². The molecule has 0 amide bonds. The second kappa shape index (κ2) is 5.00. The Kier molecular flexibility index (Phi) is 4.67. The van der Waals surface area contributed by atoms with Crippen LogP contribution in [0.5, 0.6) is 0 Å². The van der Waals surface area contributed by atoms with Gasteiger partial charge in [0.05, 0.1) is 5.76 Å². The molecule has 0 bridgehead atoms. The van der Waals surface area contributed by atoms with Crippen LogP contribution in [0.3, 0.4) is 0 Å². The molecule has 1 rings (SSSR count). The van der Waals surface area contributed by atoms with E-state index in [-0.39, 0.29) is 0 Å². The van der Waals surface area contributed by atoms with Gasteiger partial charge in [-0.3, -0.25) is 0 Å². The average Bonchev–Trinajstić information content (AvgIpc) is 2.04. The van der Waals surface area contributed by atoms with Crippen LogP contribution in [-0.4, -0.2) is 5.11 Å².